The van der Waals surface area contributed by atoms with Crippen LogP contribution in [0.4, 0.5) is 14.7 Å². The molecule has 2 heterocycles. The number of piperidine rings is 1. The summed E-state index contributed by atoms with van der Waals surface area (Å²) in [5.74, 6) is 0.675. The van der Waals surface area contributed by atoms with Crippen molar-refractivity contribution in [1.29, 1.82) is 0 Å². The number of hydrogen-bond donors (Lipinski definition) is 1. The smallest absolute Gasteiger partial charge is 0.253 e. The highest BCUT2D eigenvalue weighted by Crippen LogP contribution is 2.16. The highest BCUT2D eigenvalue weighted by Gasteiger charge is 2.25. The average Bonchev–Trinajstić information content (AvgIpc) is 2.40. The molecular formula is C12H18F2N4. The molecular weight excluding hydrogens is 238 g/mol. The molecule has 1 aromatic rings. The van der Waals surface area contributed by atoms with E-state index in [0.29, 0.717) is 12.5 Å². The van der Waals surface area contributed by atoms with Crippen LogP contribution in [0, 0.1) is 0 Å². The van der Waals surface area contributed by atoms with Gasteiger partial charge < -0.3 is 10.2 Å². The number of rotatable bonds is 4. The molecule has 0 aromatic carbocycles. The van der Waals surface area contributed by atoms with Gasteiger partial charge in [0.1, 0.15) is 0 Å². The lowest BCUT2D eigenvalue weighted by Crippen LogP contribution is -2.50. The maximum Gasteiger partial charge on any atom is 0.253 e. The van der Waals surface area contributed by atoms with Crippen LogP contribution >= 0.6 is 0 Å². The van der Waals surface area contributed by atoms with Gasteiger partial charge in [-0.3, -0.25) is 0 Å². The predicted molar refractivity (Wildman–Crippen MR) is 65.9 cm³/mol. The molecule has 0 spiro atoms. The topological polar surface area (TPSA) is 41.0 Å². The lowest BCUT2D eigenvalue weighted by molar-refractivity contribution is 0.0983. The number of alkyl halides is 2. The second-order valence-electron chi connectivity index (χ2n) is 4.62. The Labute approximate surface area is 105 Å². The van der Waals surface area contributed by atoms with Crippen LogP contribution in [-0.2, 0) is 0 Å². The summed E-state index contributed by atoms with van der Waals surface area (Å²) in [5.41, 5.74) is 0. The molecule has 4 nitrogen and oxygen atoms in total. The van der Waals surface area contributed by atoms with Gasteiger partial charge in [-0.1, -0.05) is 0 Å². The van der Waals surface area contributed by atoms with Crippen LogP contribution in [0.1, 0.15) is 19.8 Å². The SMILES string of the molecule is CC(NC1CCCN(c2ncccn2)C1)C(F)F. The first-order valence-corrected chi connectivity index (χ1v) is 6.23. The number of aromatic nitrogens is 2. The molecule has 6 heteroatoms. The van der Waals surface area contributed by atoms with Crippen molar-refractivity contribution >= 4 is 5.95 Å². The van der Waals surface area contributed by atoms with Crippen LogP contribution in [0.2, 0.25) is 0 Å². The number of nitrogens with one attached hydrogen (secondary N) is 1. The summed E-state index contributed by atoms with van der Waals surface area (Å²) < 4.78 is 25.0. The molecule has 1 saturated heterocycles. The van der Waals surface area contributed by atoms with Gasteiger partial charge in [-0.05, 0) is 25.8 Å². The minimum Gasteiger partial charge on any atom is -0.339 e. The molecule has 0 saturated carbocycles. The van der Waals surface area contributed by atoms with Crippen molar-refractivity contribution in [3.05, 3.63) is 18.5 Å². The third kappa shape index (κ3) is 3.35. The summed E-state index contributed by atoms with van der Waals surface area (Å²) in [6.07, 6.45) is 2.95. The van der Waals surface area contributed by atoms with Crippen molar-refractivity contribution in [3.63, 3.8) is 0 Å². The number of nitrogens with zero attached hydrogens (tertiary/aromatic N) is 3. The maximum absolute atomic E-state index is 12.5. The highest BCUT2D eigenvalue weighted by molar-refractivity contribution is 5.29. The third-order valence-electron chi connectivity index (χ3n) is 3.13. The molecule has 0 aliphatic carbocycles. The quantitative estimate of drug-likeness (QED) is 0.890. The summed E-state index contributed by atoms with van der Waals surface area (Å²) in [6, 6.07) is 1.07. The molecule has 2 atom stereocenters. The fourth-order valence-corrected chi connectivity index (χ4v) is 2.19. The molecule has 18 heavy (non-hydrogen) atoms. The zero-order chi connectivity index (χ0) is 13.0. The fourth-order valence-electron chi connectivity index (χ4n) is 2.19. The first-order valence-electron chi connectivity index (χ1n) is 6.23. The summed E-state index contributed by atoms with van der Waals surface area (Å²) >= 11 is 0. The average molecular weight is 256 g/mol. The van der Waals surface area contributed by atoms with E-state index in [4.69, 9.17) is 0 Å². The molecule has 1 aliphatic heterocycles. The maximum atomic E-state index is 12.5. The number of halogens is 2. The molecule has 0 amide bonds. The van der Waals surface area contributed by atoms with Crippen LogP contribution in [-0.4, -0.2) is 41.6 Å². The van der Waals surface area contributed by atoms with E-state index in [0.717, 1.165) is 19.4 Å². The van der Waals surface area contributed by atoms with E-state index in [2.05, 4.69) is 15.3 Å². The Kier molecular flexibility index (Phi) is 4.41. The Morgan fingerprint density at radius 1 is 1.39 bits per heavy atom. The van der Waals surface area contributed by atoms with Gasteiger partial charge in [-0.2, -0.15) is 0 Å². The van der Waals surface area contributed by atoms with Crippen LogP contribution in [0.25, 0.3) is 0 Å². The monoisotopic (exact) mass is 256 g/mol. The Bertz CT molecular complexity index is 360. The number of anilines is 1. The Morgan fingerprint density at radius 2 is 2.11 bits per heavy atom. The minimum absolute atomic E-state index is 0.0755. The van der Waals surface area contributed by atoms with Gasteiger partial charge in [0, 0.05) is 31.5 Å². The Hall–Kier alpha value is -1.30. The molecule has 0 bridgehead atoms. The van der Waals surface area contributed by atoms with E-state index in [9.17, 15) is 8.78 Å². The molecule has 0 radical (unpaired) electrons. The summed E-state index contributed by atoms with van der Waals surface area (Å²) in [5, 5.41) is 2.97. The van der Waals surface area contributed by atoms with Crippen LogP contribution < -0.4 is 10.2 Å². The van der Waals surface area contributed by atoms with Gasteiger partial charge in [0.05, 0.1) is 6.04 Å². The largest absolute Gasteiger partial charge is 0.339 e. The van der Waals surface area contributed by atoms with Crippen molar-refractivity contribution in [2.24, 2.45) is 0 Å². The van der Waals surface area contributed by atoms with Crippen molar-refractivity contribution in [3.8, 4) is 0 Å². The summed E-state index contributed by atoms with van der Waals surface area (Å²) in [4.78, 5) is 10.4. The zero-order valence-corrected chi connectivity index (χ0v) is 10.4. The van der Waals surface area contributed by atoms with Crippen molar-refractivity contribution in [1.82, 2.24) is 15.3 Å². The van der Waals surface area contributed by atoms with Gasteiger partial charge in [0.15, 0.2) is 0 Å². The molecule has 1 aromatic heterocycles. The Morgan fingerprint density at radius 3 is 2.78 bits per heavy atom. The van der Waals surface area contributed by atoms with Gasteiger partial charge >= 0.3 is 0 Å². The zero-order valence-electron chi connectivity index (χ0n) is 10.4. The second kappa shape index (κ2) is 6.04. The molecule has 2 unspecified atom stereocenters. The fraction of sp³-hybridized carbons (Fsp3) is 0.667. The van der Waals surface area contributed by atoms with E-state index in [1.165, 1.54) is 6.92 Å². The Balaban J connectivity index is 1.93. The van der Waals surface area contributed by atoms with Crippen molar-refractivity contribution in [2.45, 2.75) is 38.3 Å². The normalized spacial score (nSPS) is 22.2. The van der Waals surface area contributed by atoms with E-state index in [-0.39, 0.29) is 6.04 Å². The van der Waals surface area contributed by atoms with Crippen LogP contribution in [0.5, 0.6) is 0 Å². The van der Waals surface area contributed by atoms with Crippen molar-refractivity contribution < 1.29 is 8.78 Å². The van der Waals surface area contributed by atoms with Gasteiger partial charge in [-0.25, -0.2) is 18.7 Å². The van der Waals surface area contributed by atoms with E-state index in [1.807, 2.05) is 4.90 Å². The van der Waals surface area contributed by atoms with E-state index >= 15 is 0 Å². The molecule has 1 fully saturated rings. The molecule has 100 valence electrons. The first-order chi connectivity index (χ1) is 8.66. The summed E-state index contributed by atoms with van der Waals surface area (Å²) in [7, 11) is 0. The van der Waals surface area contributed by atoms with Gasteiger partial charge in [0.2, 0.25) is 5.95 Å². The third-order valence-corrected chi connectivity index (χ3v) is 3.13. The van der Waals surface area contributed by atoms with E-state index < -0.39 is 12.5 Å². The summed E-state index contributed by atoms with van der Waals surface area (Å²) in [6.45, 7) is 3.08. The molecule has 2 rings (SSSR count). The number of hydrogen-bond acceptors (Lipinski definition) is 4. The second-order valence-corrected chi connectivity index (χ2v) is 4.62. The van der Waals surface area contributed by atoms with Crippen LogP contribution in [0.15, 0.2) is 18.5 Å². The van der Waals surface area contributed by atoms with Gasteiger partial charge in [0.25, 0.3) is 6.43 Å². The minimum atomic E-state index is -2.33. The van der Waals surface area contributed by atoms with E-state index in [1.54, 1.807) is 18.5 Å². The van der Waals surface area contributed by atoms with Gasteiger partial charge in [-0.15, -0.1) is 0 Å². The molecule has 1 N–H and O–H groups in total. The lowest BCUT2D eigenvalue weighted by Gasteiger charge is -2.34. The first kappa shape index (κ1) is 13.1. The highest BCUT2D eigenvalue weighted by atomic mass is 19.3. The lowest BCUT2D eigenvalue weighted by atomic mass is 10.1. The van der Waals surface area contributed by atoms with Crippen molar-refractivity contribution in [2.75, 3.05) is 18.0 Å². The van der Waals surface area contributed by atoms with Crippen LogP contribution in [0.3, 0.4) is 0 Å². The standard InChI is InChI=1S/C12H18F2N4/c1-9(11(13)14)17-10-4-2-7-18(8-10)12-15-5-3-6-16-12/h3,5-6,9-11,17H,2,4,7-8H2,1H3. The predicted octanol–water partition coefficient (Wildman–Crippen LogP) is 1.69. The molecule has 1 aliphatic rings.